The first-order chi connectivity index (χ1) is 14.4. The third kappa shape index (κ3) is 3.93. The van der Waals surface area contributed by atoms with Crippen molar-refractivity contribution in [2.24, 2.45) is 0 Å². The zero-order chi connectivity index (χ0) is 23.1. The number of ketones is 1. The van der Waals surface area contributed by atoms with Gasteiger partial charge in [-0.3, -0.25) is 9.36 Å². The van der Waals surface area contributed by atoms with E-state index in [0.717, 1.165) is 26.6 Å². The van der Waals surface area contributed by atoms with Crippen molar-refractivity contribution in [3.63, 3.8) is 0 Å². The van der Waals surface area contributed by atoms with Crippen LogP contribution in [0.25, 0.3) is 0 Å². The van der Waals surface area contributed by atoms with Gasteiger partial charge < -0.3 is 9.05 Å². The predicted molar refractivity (Wildman–Crippen MR) is 114 cm³/mol. The van der Waals surface area contributed by atoms with Crippen molar-refractivity contribution in [3.05, 3.63) is 76.7 Å². The summed E-state index contributed by atoms with van der Waals surface area (Å²) >= 11 is 0. The molecule has 0 heterocycles. The summed E-state index contributed by atoms with van der Waals surface area (Å²) in [5, 5.41) is -2.30. The van der Waals surface area contributed by atoms with E-state index in [1.807, 2.05) is 0 Å². The molecule has 0 aromatic heterocycles. The van der Waals surface area contributed by atoms with Gasteiger partial charge in [0.25, 0.3) is 0 Å². The highest BCUT2D eigenvalue weighted by Gasteiger charge is 2.57. The molecule has 166 valence electrons. The highest BCUT2D eigenvalue weighted by Crippen LogP contribution is 2.65. The SMILES string of the molecule is COP(=O)(OC)C1(NS(C)(=O)=O)C=C(S(=O)(=O)c2ccccc2)C(=O)c2ccccc21. The number of nitrogens with one attached hydrogen (secondary N) is 1. The van der Waals surface area contributed by atoms with Crippen LogP contribution in [0.15, 0.2) is 70.5 Å². The number of hydrogen-bond acceptors (Lipinski definition) is 8. The van der Waals surface area contributed by atoms with Crippen LogP contribution in [0.3, 0.4) is 0 Å². The molecule has 1 unspecified atom stereocenters. The topological polar surface area (TPSA) is 133 Å². The summed E-state index contributed by atoms with van der Waals surface area (Å²) in [5.74, 6) is -0.871. The molecular formula is C19H20NO8PS2. The van der Waals surface area contributed by atoms with Gasteiger partial charge in [-0.1, -0.05) is 42.5 Å². The molecule has 2 aromatic rings. The van der Waals surface area contributed by atoms with Crippen LogP contribution >= 0.6 is 7.60 Å². The standard InChI is InChI=1S/C19H20NO8PS2/c1-27-29(22,28-2)19(20-30(3,23)24)13-17(18(21)15-11-7-8-12-16(15)19)31(25,26)14-9-5-4-6-10-14/h4-13,20H,1-3H3. The van der Waals surface area contributed by atoms with E-state index in [0.29, 0.717) is 0 Å². The lowest BCUT2D eigenvalue weighted by Crippen LogP contribution is -2.48. The van der Waals surface area contributed by atoms with Gasteiger partial charge >= 0.3 is 7.60 Å². The molecule has 0 spiro atoms. The number of benzene rings is 2. The number of sulfone groups is 1. The Morgan fingerprint density at radius 3 is 2.00 bits per heavy atom. The average molecular weight is 485 g/mol. The van der Waals surface area contributed by atoms with Gasteiger partial charge in [-0.15, -0.1) is 0 Å². The summed E-state index contributed by atoms with van der Waals surface area (Å²) in [6.45, 7) is 0. The Labute approximate surface area is 180 Å². The maximum absolute atomic E-state index is 13.7. The van der Waals surface area contributed by atoms with E-state index < -0.39 is 43.4 Å². The van der Waals surface area contributed by atoms with Crippen molar-refractivity contribution in [1.29, 1.82) is 0 Å². The molecule has 0 saturated heterocycles. The maximum Gasteiger partial charge on any atom is 0.359 e. The second-order valence-corrected chi connectivity index (χ2v) is 12.8. The van der Waals surface area contributed by atoms with E-state index in [4.69, 9.17) is 9.05 Å². The van der Waals surface area contributed by atoms with Crippen LogP contribution in [0.5, 0.6) is 0 Å². The molecule has 31 heavy (non-hydrogen) atoms. The van der Waals surface area contributed by atoms with Crippen molar-refractivity contribution in [1.82, 2.24) is 4.72 Å². The average Bonchev–Trinajstić information content (AvgIpc) is 2.74. The zero-order valence-electron chi connectivity index (χ0n) is 16.8. The number of carbonyl (C=O) groups is 1. The van der Waals surface area contributed by atoms with Crippen LogP contribution in [-0.4, -0.2) is 43.1 Å². The van der Waals surface area contributed by atoms with Crippen LogP contribution < -0.4 is 4.72 Å². The molecule has 1 atom stereocenters. The summed E-state index contributed by atoms with van der Waals surface area (Å²) in [6.07, 6.45) is 1.62. The molecular weight excluding hydrogens is 465 g/mol. The Bertz CT molecular complexity index is 1310. The van der Waals surface area contributed by atoms with Gasteiger partial charge in [-0.2, -0.15) is 4.72 Å². The first-order valence-corrected chi connectivity index (χ1v) is 13.7. The van der Waals surface area contributed by atoms with E-state index in [9.17, 15) is 26.2 Å². The van der Waals surface area contributed by atoms with Gasteiger partial charge in [0, 0.05) is 25.3 Å². The fourth-order valence-corrected chi connectivity index (χ4v) is 8.14. The number of allylic oxidation sites excluding steroid dienone is 1. The lowest BCUT2D eigenvalue weighted by atomic mass is 9.92. The molecule has 0 amide bonds. The van der Waals surface area contributed by atoms with Gasteiger partial charge in [0.2, 0.25) is 25.6 Å². The molecule has 0 fully saturated rings. The number of rotatable bonds is 7. The minimum Gasteiger partial charge on any atom is -0.310 e. The lowest BCUT2D eigenvalue weighted by Gasteiger charge is -2.39. The van der Waals surface area contributed by atoms with Crippen LogP contribution in [0.4, 0.5) is 0 Å². The Kier molecular flexibility index (Phi) is 6.13. The van der Waals surface area contributed by atoms with E-state index in [-0.39, 0.29) is 16.0 Å². The van der Waals surface area contributed by atoms with E-state index in [1.54, 1.807) is 6.07 Å². The number of Topliss-reactive ketones (excluding diaryl/α,β-unsaturated/α-hetero) is 1. The third-order valence-corrected chi connectivity index (χ3v) is 9.67. The molecule has 0 saturated carbocycles. The smallest absolute Gasteiger partial charge is 0.310 e. The van der Waals surface area contributed by atoms with Gasteiger partial charge in [0.15, 0.2) is 5.28 Å². The minimum absolute atomic E-state index is 0.0514. The largest absolute Gasteiger partial charge is 0.359 e. The summed E-state index contributed by atoms with van der Waals surface area (Å²) in [7, 11) is -10.9. The molecule has 0 aliphatic heterocycles. The first kappa shape index (κ1) is 23.5. The molecule has 1 N–H and O–H groups in total. The van der Waals surface area contributed by atoms with Gasteiger partial charge in [0.05, 0.1) is 11.2 Å². The highest BCUT2D eigenvalue weighted by molar-refractivity contribution is 7.96. The summed E-state index contributed by atoms with van der Waals surface area (Å²) < 4.78 is 77.3. The molecule has 12 heteroatoms. The van der Waals surface area contributed by atoms with Crippen molar-refractivity contribution in [3.8, 4) is 0 Å². The van der Waals surface area contributed by atoms with Crippen molar-refractivity contribution in [2.45, 2.75) is 10.2 Å². The number of fused-ring (bicyclic) bond motifs is 1. The van der Waals surface area contributed by atoms with Crippen LogP contribution in [0, 0.1) is 0 Å². The maximum atomic E-state index is 13.7. The van der Waals surface area contributed by atoms with Gasteiger partial charge in [-0.05, 0) is 18.2 Å². The fraction of sp³-hybridized carbons (Fsp3) is 0.211. The summed E-state index contributed by atoms with van der Waals surface area (Å²) in [5.41, 5.74) is -0.200. The van der Waals surface area contributed by atoms with E-state index in [1.165, 1.54) is 48.5 Å². The summed E-state index contributed by atoms with van der Waals surface area (Å²) in [4.78, 5) is 12.3. The van der Waals surface area contributed by atoms with Crippen molar-refractivity contribution in [2.75, 3.05) is 20.5 Å². The van der Waals surface area contributed by atoms with Crippen molar-refractivity contribution < 1.29 is 35.2 Å². The quantitative estimate of drug-likeness (QED) is 0.592. The van der Waals surface area contributed by atoms with Crippen LogP contribution in [-0.2, 0) is 38.8 Å². The number of carbonyl (C=O) groups excluding carboxylic acids is 1. The molecule has 1 aliphatic rings. The molecule has 9 nitrogen and oxygen atoms in total. The zero-order valence-corrected chi connectivity index (χ0v) is 19.3. The Balaban J connectivity index is 2.47. The predicted octanol–water partition coefficient (Wildman–Crippen LogP) is 2.43. The Morgan fingerprint density at radius 1 is 0.903 bits per heavy atom. The monoisotopic (exact) mass is 485 g/mol. The molecule has 1 aliphatic carbocycles. The Morgan fingerprint density at radius 2 is 1.45 bits per heavy atom. The lowest BCUT2D eigenvalue weighted by molar-refractivity contribution is 0.103. The summed E-state index contributed by atoms with van der Waals surface area (Å²) in [6, 6.07) is 12.8. The van der Waals surface area contributed by atoms with Crippen LogP contribution in [0.1, 0.15) is 15.9 Å². The second-order valence-electron chi connectivity index (χ2n) is 6.70. The molecule has 2 aromatic carbocycles. The van der Waals surface area contributed by atoms with Crippen LogP contribution in [0.2, 0.25) is 0 Å². The molecule has 3 rings (SSSR count). The van der Waals surface area contributed by atoms with Gasteiger partial charge in [-0.25, -0.2) is 16.8 Å². The number of hydrogen-bond donors (Lipinski definition) is 1. The van der Waals surface area contributed by atoms with E-state index in [2.05, 4.69) is 4.72 Å². The fourth-order valence-electron chi connectivity index (χ4n) is 3.42. The number of sulfonamides is 1. The second kappa shape index (κ2) is 8.09. The normalized spacial score (nSPS) is 19.6. The molecule has 0 bridgehead atoms. The minimum atomic E-state index is -4.42. The highest BCUT2D eigenvalue weighted by atomic mass is 32.2. The third-order valence-electron chi connectivity index (χ3n) is 4.74. The van der Waals surface area contributed by atoms with Gasteiger partial charge in [0.1, 0.15) is 4.91 Å². The van der Waals surface area contributed by atoms with E-state index >= 15 is 0 Å². The van der Waals surface area contributed by atoms with Crippen molar-refractivity contribution >= 4 is 33.2 Å². The Hall–Kier alpha value is -2.14. The first-order valence-electron chi connectivity index (χ1n) is 8.79. The molecule has 0 radical (unpaired) electrons.